The van der Waals surface area contributed by atoms with Gasteiger partial charge < -0.3 is 0 Å². The lowest BCUT2D eigenvalue weighted by atomic mass is 10.1. The number of unbranched alkanes of at least 4 members (excludes halogenated alkanes) is 3. The molecule has 3 rings (SSSR count). The maximum Gasteiger partial charge on any atom is 0.245 e. The number of nitrogens with zero attached hydrogens (tertiary/aromatic N) is 2. The Bertz CT molecular complexity index is 846. The Hall–Kier alpha value is -1.98. The number of hydrogen-bond acceptors (Lipinski definition) is 3. The molecule has 2 amide bonds. The number of carbonyl (C=O) groups is 2. The fraction of sp³-hybridized carbons (Fsp3) is 0.417. The Morgan fingerprint density at radius 2 is 1.80 bits per heavy atom. The zero-order valence-electron chi connectivity index (χ0n) is 17.4. The topological polar surface area (TPSA) is 40.6 Å². The molecule has 2 aromatic carbocycles. The molecule has 0 spiro atoms. The Morgan fingerprint density at radius 1 is 1.07 bits per heavy atom. The Kier molecular flexibility index (Phi) is 8.64. The van der Waals surface area contributed by atoms with Crippen molar-refractivity contribution >= 4 is 35.2 Å². The molecule has 1 fully saturated rings. The van der Waals surface area contributed by atoms with E-state index in [1.54, 1.807) is 28.7 Å². The second-order valence-corrected chi connectivity index (χ2v) is 9.23. The summed E-state index contributed by atoms with van der Waals surface area (Å²) in [6, 6.07) is 18.2. The van der Waals surface area contributed by atoms with Crippen LogP contribution in [0, 0.1) is 0 Å². The van der Waals surface area contributed by atoms with E-state index in [0.29, 0.717) is 13.0 Å². The van der Waals surface area contributed by atoms with Crippen molar-refractivity contribution in [2.75, 3.05) is 6.54 Å². The summed E-state index contributed by atoms with van der Waals surface area (Å²) in [4.78, 5) is 24.4. The van der Waals surface area contributed by atoms with Crippen molar-refractivity contribution in [2.45, 2.75) is 56.6 Å². The molecule has 1 aliphatic heterocycles. The molecule has 0 radical (unpaired) electrons. The number of benzene rings is 2. The summed E-state index contributed by atoms with van der Waals surface area (Å²) in [5.41, 5.74) is 2.49. The molecular formula is C24H29ClN2O2S. The van der Waals surface area contributed by atoms with Crippen LogP contribution in [0.5, 0.6) is 0 Å². The molecule has 2 aromatic rings. The zero-order valence-corrected chi connectivity index (χ0v) is 19.0. The molecule has 0 aromatic heterocycles. The van der Waals surface area contributed by atoms with Crippen LogP contribution in [0.4, 0.5) is 0 Å². The second kappa shape index (κ2) is 11.4. The molecule has 1 saturated heterocycles. The van der Waals surface area contributed by atoms with E-state index >= 15 is 0 Å². The molecule has 6 heteroatoms. The molecule has 0 N–H and O–H groups in total. The van der Waals surface area contributed by atoms with Gasteiger partial charge in [0.05, 0.1) is 6.42 Å². The van der Waals surface area contributed by atoms with Gasteiger partial charge in [0.2, 0.25) is 11.8 Å². The van der Waals surface area contributed by atoms with Gasteiger partial charge in [0, 0.05) is 24.2 Å². The van der Waals surface area contributed by atoms with Crippen molar-refractivity contribution in [1.82, 2.24) is 10.0 Å². The van der Waals surface area contributed by atoms with Gasteiger partial charge in [0.1, 0.15) is 5.37 Å². The fourth-order valence-electron chi connectivity index (χ4n) is 3.62. The number of β-lactam (4-membered cyclic amide) rings is 1. The normalized spacial score (nSPS) is 15.7. The highest BCUT2D eigenvalue weighted by Gasteiger charge is 2.41. The third-order valence-electron chi connectivity index (χ3n) is 5.26. The number of halogens is 1. The van der Waals surface area contributed by atoms with Gasteiger partial charge in [-0.15, -0.1) is 11.8 Å². The van der Waals surface area contributed by atoms with Crippen LogP contribution in [0.1, 0.15) is 50.2 Å². The highest BCUT2D eigenvalue weighted by atomic mass is 35.5. The lowest BCUT2D eigenvalue weighted by molar-refractivity contribution is -0.177. The molecule has 1 heterocycles. The van der Waals surface area contributed by atoms with Crippen LogP contribution in [0.2, 0.25) is 5.02 Å². The molecule has 30 heavy (non-hydrogen) atoms. The van der Waals surface area contributed by atoms with Gasteiger partial charge in [0.25, 0.3) is 0 Å². The number of hydrazine groups is 1. The third-order valence-corrected chi connectivity index (χ3v) is 6.75. The van der Waals surface area contributed by atoms with Crippen molar-refractivity contribution in [1.29, 1.82) is 0 Å². The van der Waals surface area contributed by atoms with Gasteiger partial charge in [0.15, 0.2) is 0 Å². The minimum absolute atomic E-state index is 0.0386. The number of aryl methyl sites for hydroxylation is 1. The first-order valence-corrected chi connectivity index (χ1v) is 12.0. The minimum Gasteiger partial charge on any atom is -0.273 e. The van der Waals surface area contributed by atoms with Crippen molar-refractivity contribution in [3.63, 3.8) is 0 Å². The Labute approximate surface area is 188 Å². The summed E-state index contributed by atoms with van der Waals surface area (Å²) >= 11 is 7.75. The van der Waals surface area contributed by atoms with E-state index in [4.69, 9.17) is 11.6 Å². The van der Waals surface area contributed by atoms with Crippen molar-refractivity contribution in [3.05, 3.63) is 70.7 Å². The fourth-order valence-corrected chi connectivity index (χ4v) is 5.04. The van der Waals surface area contributed by atoms with Crippen molar-refractivity contribution in [2.24, 2.45) is 0 Å². The number of amides is 2. The smallest absolute Gasteiger partial charge is 0.245 e. The maximum atomic E-state index is 12.2. The van der Waals surface area contributed by atoms with E-state index in [-0.39, 0.29) is 17.2 Å². The van der Waals surface area contributed by atoms with Crippen LogP contribution >= 0.6 is 23.4 Å². The van der Waals surface area contributed by atoms with Gasteiger partial charge in [-0.05, 0) is 42.5 Å². The van der Waals surface area contributed by atoms with E-state index in [9.17, 15) is 9.59 Å². The quantitative estimate of drug-likeness (QED) is 0.330. The van der Waals surface area contributed by atoms with Crippen molar-refractivity contribution in [3.8, 4) is 0 Å². The SMILES string of the molecule is CC(=O)N(CCCCCCc1cccc(Cl)c1)N1C(=O)CC1SCc1ccccc1. The number of carbonyl (C=O) groups excluding carboxylic acids is 2. The third kappa shape index (κ3) is 6.51. The minimum atomic E-state index is -0.0627. The molecule has 1 unspecified atom stereocenters. The number of rotatable bonds is 11. The monoisotopic (exact) mass is 444 g/mol. The van der Waals surface area contributed by atoms with Gasteiger partial charge >= 0.3 is 0 Å². The number of thioether (sulfide) groups is 1. The summed E-state index contributed by atoms with van der Waals surface area (Å²) in [7, 11) is 0. The summed E-state index contributed by atoms with van der Waals surface area (Å²) in [5, 5.41) is 4.14. The Morgan fingerprint density at radius 3 is 2.50 bits per heavy atom. The van der Waals surface area contributed by atoms with Gasteiger partial charge in [-0.1, -0.05) is 66.9 Å². The lowest BCUT2D eigenvalue weighted by Gasteiger charge is -2.46. The highest BCUT2D eigenvalue weighted by Crippen LogP contribution is 2.33. The van der Waals surface area contributed by atoms with Gasteiger partial charge in [-0.2, -0.15) is 0 Å². The first-order valence-electron chi connectivity index (χ1n) is 10.5. The van der Waals surface area contributed by atoms with E-state index in [0.717, 1.165) is 42.9 Å². The predicted octanol–water partition coefficient (Wildman–Crippen LogP) is 5.70. The summed E-state index contributed by atoms with van der Waals surface area (Å²) in [6.45, 7) is 2.14. The average Bonchev–Trinajstić information content (AvgIpc) is 2.73. The van der Waals surface area contributed by atoms with E-state index in [1.807, 2.05) is 36.4 Å². The molecule has 0 aliphatic carbocycles. The molecule has 0 bridgehead atoms. The van der Waals surface area contributed by atoms with Crippen LogP contribution in [0.3, 0.4) is 0 Å². The zero-order chi connectivity index (χ0) is 21.3. The van der Waals surface area contributed by atoms with Gasteiger partial charge in [-0.25, -0.2) is 5.01 Å². The summed E-state index contributed by atoms with van der Waals surface area (Å²) < 4.78 is 0. The predicted molar refractivity (Wildman–Crippen MR) is 124 cm³/mol. The van der Waals surface area contributed by atoms with E-state index in [1.165, 1.54) is 11.1 Å². The summed E-state index contributed by atoms with van der Waals surface area (Å²) in [5.74, 6) is 0.814. The van der Waals surface area contributed by atoms with E-state index < -0.39 is 0 Å². The highest BCUT2D eigenvalue weighted by molar-refractivity contribution is 7.99. The molecule has 1 aliphatic rings. The van der Waals surface area contributed by atoms with Gasteiger partial charge in [-0.3, -0.25) is 14.6 Å². The number of hydrogen-bond donors (Lipinski definition) is 0. The first-order chi connectivity index (χ1) is 14.5. The maximum absolute atomic E-state index is 12.2. The molecule has 4 nitrogen and oxygen atoms in total. The first kappa shape index (κ1) is 22.7. The standard InChI is InChI=1S/C24H29ClN2O2S/c1-19(28)26(15-8-3-2-5-10-20-13-9-14-22(25)16-20)27-23(29)17-24(27)30-18-21-11-6-4-7-12-21/h4,6-7,9,11-14,16,24H,2-3,5,8,10,15,17-18H2,1H3. The van der Waals surface area contributed by atoms with E-state index in [2.05, 4.69) is 18.2 Å². The van der Waals surface area contributed by atoms with Crippen LogP contribution < -0.4 is 0 Å². The van der Waals surface area contributed by atoms with Crippen LogP contribution in [-0.4, -0.2) is 33.8 Å². The Balaban J connectivity index is 1.40. The molecular weight excluding hydrogens is 416 g/mol. The average molecular weight is 445 g/mol. The lowest BCUT2D eigenvalue weighted by Crippen LogP contribution is -2.61. The molecule has 1 atom stereocenters. The van der Waals surface area contributed by atoms with Crippen LogP contribution in [0.15, 0.2) is 54.6 Å². The molecule has 160 valence electrons. The molecule has 0 saturated carbocycles. The van der Waals surface area contributed by atoms with Crippen LogP contribution in [-0.2, 0) is 21.8 Å². The largest absolute Gasteiger partial charge is 0.273 e. The second-order valence-electron chi connectivity index (χ2n) is 7.63. The van der Waals surface area contributed by atoms with Crippen LogP contribution in [0.25, 0.3) is 0 Å². The summed E-state index contributed by atoms with van der Waals surface area (Å²) in [6.07, 6.45) is 5.64. The van der Waals surface area contributed by atoms with Crippen molar-refractivity contribution < 1.29 is 9.59 Å².